The largest absolute Gasteiger partial charge is 0.374 e. The Kier molecular flexibility index (Phi) is 3.46. The van der Waals surface area contributed by atoms with E-state index in [1.807, 2.05) is 6.92 Å². The second-order valence-corrected chi connectivity index (χ2v) is 4.81. The van der Waals surface area contributed by atoms with E-state index in [4.69, 9.17) is 0 Å². The third-order valence-electron chi connectivity index (χ3n) is 3.34. The molecule has 1 aliphatic heterocycles. The van der Waals surface area contributed by atoms with Crippen LogP contribution in [0.5, 0.6) is 0 Å². The van der Waals surface area contributed by atoms with Crippen molar-refractivity contribution in [2.45, 2.75) is 32.2 Å². The summed E-state index contributed by atoms with van der Waals surface area (Å²) in [6.07, 6.45) is 1.99. The van der Waals surface area contributed by atoms with Crippen LogP contribution in [0.15, 0.2) is 9.59 Å². The zero-order valence-electron chi connectivity index (χ0n) is 11.3. The highest BCUT2D eigenvalue weighted by Crippen LogP contribution is 2.21. The van der Waals surface area contributed by atoms with Gasteiger partial charge < -0.3 is 10.6 Å². The van der Waals surface area contributed by atoms with Crippen LogP contribution in [0.4, 0.5) is 11.5 Å². The number of amides is 1. The Labute approximate surface area is 110 Å². The molecule has 7 heteroatoms. The number of carbonyl (C=O) groups is 1. The number of anilines is 2. The number of hydrogen-bond acceptors (Lipinski definition) is 4. The van der Waals surface area contributed by atoms with Crippen molar-refractivity contribution >= 4 is 17.4 Å². The molecule has 19 heavy (non-hydrogen) atoms. The van der Waals surface area contributed by atoms with Crippen molar-refractivity contribution < 1.29 is 4.79 Å². The van der Waals surface area contributed by atoms with E-state index in [0.717, 1.165) is 17.4 Å². The van der Waals surface area contributed by atoms with Crippen molar-refractivity contribution in [3.63, 3.8) is 0 Å². The van der Waals surface area contributed by atoms with Gasteiger partial charge >= 0.3 is 5.69 Å². The highest BCUT2D eigenvalue weighted by atomic mass is 16.2. The summed E-state index contributed by atoms with van der Waals surface area (Å²) < 4.78 is 2.31. The first-order chi connectivity index (χ1) is 8.95. The normalized spacial score (nSPS) is 18.3. The van der Waals surface area contributed by atoms with Gasteiger partial charge in [-0.1, -0.05) is 13.3 Å². The van der Waals surface area contributed by atoms with Gasteiger partial charge in [0.25, 0.3) is 5.56 Å². The lowest BCUT2D eigenvalue weighted by molar-refractivity contribution is -0.116. The lowest BCUT2D eigenvalue weighted by Crippen LogP contribution is -2.39. The van der Waals surface area contributed by atoms with Crippen molar-refractivity contribution in [3.05, 3.63) is 20.8 Å². The number of fused-ring (bicyclic) bond motifs is 1. The van der Waals surface area contributed by atoms with E-state index in [0.29, 0.717) is 6.42 Å². The molecule has 2 N–H and O–H groups in total. The molecule has 0 saturated carbocycles. The highest BCUT2D eigenvalue weighted by molar-refractivity contribution is 5.95. The smallest absolute Gasteiger partial charge is 0.332 e. The number of aromatic nitrogens is 2. The van der Waals surface area contributed by atoms with E-state index >= 15 is 0 Å². The third kappa shape index (κ3) is 2.27. The van der Waals surface area contributed by atoms with Crippen molar-refractivity contribution in [1.29, 1.82) is 0 Å². The fraction of sp³-hybridized carbons (Fsp3) is 0.583. The molecule has 0 aromatic carbocycles. The van der Waals surface area contributed by atoms with Gasteiger partial charge in [-0.05, 0) is 6.42 Å². The van der Waals surface area contributed by atoms with Gasteiger partial charge in [-0.25, -0.2) is 4.79 Å². The molecule has 0 saturated heterocycles. The molecule has 0 spiro atoms. The van der Waals surface area contributed by atoms with Gasteiger partial charge in [-0.15, -0.1) is 0 Å². The number of nitrogens with one attached hydrogen (secondary N) is 2. The van der Waals surface area contributed by atoms with Gasteiger partial charge in [0.1, 0.15) is 11.5 Å². The van der Waals surface area contributed by atoms with Gasteiger partial charge in [0.05, 0.1) is 0 Å². The van der Waals surface area contributed by atoms with Crippen LogP contribution in [0, 0.1) is 0 Å². The maximum Gasteiger partial charge on any atom is 0.332 e. The number of rotatable bonds is 2. The lowest BCUT2D eigenvalue weighted by Gasteiger charge is -2.16. The molecule has 2 rings (SSSR count). The molecule has 0 aliphatic carbocycles. The van der Waals surface area contributed by atoms with E-state index in [1.54, 1.807) is 0 Å². The summed E-state index contributed by atoms with van der Waals surface area (Å²) in [5, 5.41) is 5.73. The van der Waals surface area contributed by atoms with Crippen LogP contribution in [-0.4, -0.2) is 21.1 Å². The van der Waals surface area contributed by atoms with Gasteiger partial charge in [-0.2, -0.15) is 0 Å². The highest BCUT2D eigenvalue weighted by Gasteiger charge is 2.25. The summed E-state index contributed by atoms with van der Waals surface area (Å²) in [4.78, 5) is 35.8. The minimum atomic E-state index is -0.459. The Balaban J connectivity index is 2.62. The first-order valence-corrected chi connectivity index (χ1v) is 6.32. The maximum absolute atomic E-state index is 12.1. The Morgan fingerprint density at radius 2 is 1.89 bits per heavy atom. The number of hydrogen-bond donors (Lipinski definition) is 2. The fourth-order valence-corrected chi connectivity index (χ4v) is 2.31. The van der Waals surface area contributed by atoms with Gasteiger partial charge in [0.2, 0.25) is 5.91 Å². The zero-order chi connectivity index (χ0) is 14.2. The molecule has 1 atom stereocenters. The summed E-state index contributed by atoms with van der Waals surface area (Å²) in [5.74, 6) is 0.0599. The first kappa shape index (κ1) is 13.4. The van der Waals surface area contributed by atoms with E-state index in [9.17, 15) is 14.4 Å². The first-order valence-electron chi connectivity index (χ1n) is 6.32. The Bertz CT molecular complexity index is 629. The summed E-state index contributed by atoms with van der Waals surface area (Å²) in [7, 11) is 2.96. The molecule has 0 fully saturated rings. The van der Waals surface area contributed by atoms with Crippen LogP contribution in [-0.2, 0) is 18.9 Å². The molecule has 7 nitrogen and oxygen atoms in total. The van der Waals surface area contributed by atoms with E-state index in [2.05, 4.69) is 10.6 Å². The quantitative estimate of drug-likeness (QED) is 0.789. The molecule has 1 aromatic rings. The van der Waals surface area contributed by atoms with Crippen molar-refractivity contribution in [3.8, 4) is 0 Å². The average molecular weight is 266 g/mol. The third-order valence-corrected chi connectivity index (χ3v) is 3.34. The molecule has 1 aromatic heterocycles. The molecule has 0 bridgehead atoms. The molecule has 1 aliphatic rings. The van der Waals surface area contributed by atoms with Gasteiger partial charge in [-0.3, -0.25) is 18.7 Å². The molecule has 1 amide bonds. The van der Waals surface area contributed by atoms with Crippen molar-refractivity contribution in [1.82, 2.24) is 9.13 Å². The van der Waals surface area contributed by atoms with Gasteiger partial charge in [0, 0.05) is 26.6 Å². The van der Waals surface area contributed by atoms with E-state index < -0.39 is 11.2 Å². The monoisotopic (exact) mass is 266 g/mol. The van der Waals surface area contributed by atoms with Crippen LogP contribution in [0.1, 0.15) is 26.2 Å². The lowest BCUT2D eigenvalue weighted by atomic mass is 10.1. The second-order valence-electron chi connectivity index (χ2n) is 4.81. The number of carbonyl (C=O) groups excluding carboxylic acids is 1. The predicted octanol–water partition coefficient (Wildman–Crippen LogP) is 0.00680. The molecular formula is C12H18N4O3. The fourth-order valence-electron chi connectivity index (χ4n) is 2.31. The summed E-state index contributed by atoms with van der Waals surface area (Å²) in [5.41, 5.74) is -0.588. The zero-order valence-corrected chi connectivity index (χ0v) is 11.3. The second kappa shape index (κ2) is 4.91. The van der Waals surface area contributed by atoms with E-state index in [-0.39, 0.29) is 23.5 Å². The van der Waals surface area contributed by atoms with Crippen LogP contribution >= 0.6 is 0 Å². The average Bonchev–Trinajstić information content (AvgIpc) is 2.53. The Hall–Kier alpha value is -2.05. The Morgan fingerprint density at radius 3 is 2.53 bits per heavy atom. The minimum Gasteiger partial charge on any atom is -0.374 e. The Morgan fingerprint density at radius 1 is 1.21 bits per heavy atom. The van der Waals surface area contributed by atoms with Crippen LogP contribution in [0.3, 0.4) is 0 Å². The molecule has 1 unspecified atom stereocenters. The number of nitrogens with zero attached hydrogens (tertiary/aromatic N) is 2. The SMILES string of the molecule is CCCC1CC(=O)Nc2c(c(=O)n(C)c(=O)n2C)N1. The predicted molar refractivity (Wildman–Crippen MR) is 72.5 cm³/mol. The van der Waals surface area contributed by atoms with Crippen molar-refractivity contribution in [2.75, 3.05) is 10.6 Å². The molecule has 2 heterocycles. The molecule has 104 valence electrons. The van der Waals surface area contributed by atoms with Crippen LogP contribution in [0.25, 0.3) is 0 Å². The molecular weight excluding hydrogens is 248 g/mol. The van der Waals surface area contributed by atoms with Gasteiger partial charge in [0.15, 0.2) is 0 Å². The standard InChI is InChI=1S/C12H18N4O3/c1-4-5-7-6-8(17)14-10-9(13-7)11(18)16(3)12(19)15(10)2/h7,13H,4-6H2,1-3H3,(H,14,17). The summed E-state index contributed by atoms with van der Waals surface area (Å²) in [6, 6.07) is -0.0866. The van der Waals surface area contributed by atoms with Crippen LogP contribution in [0.2, 0.25) is 0 Å². The summed E-state index contributed by atoms with van der Waals surface area (Å²) in [6.45, 7) is 2.02. The van der Waals surface area contributed by atoms with Crippen molar-refractivity contribution in [2.24, 2.45) is 14.1 Å². The van der Waals surface area contributed by atoms with Crippen LogP contribution < -0.4 is 21.9 Å². The minimum absolute atomic E-state index is 0.0866. The maximum atomic E-state index is 12.1. The molecule has 0 radical (unpaired) electrons. The topological polar surface area (TPSA) is 85.1 Å². The van der Waals surface area contributed by atoms with E-state index in [1.165, 1.54) is 18.7 Å². The summed E-state index contributed by atoms with van der Waals surface area (Å²) >= 11 is 0.